The van der Waals surface area contributed by atoms with Crippen LogP contribution in [0, 0.1) is 0 Å². The van der Waals surface area contributed by atoms with Crippen LogP contribution in [0.5, 0.6) is 0 Å². The van der Waals surface area contributed by atoms with Gasteiger partial charge >= 0.3 is 0 Å². The maximum absolute atomic E-state index is 10.6. The summed E-state index contributed by atoms with van der Waals surface area (Å²) in [4.78, 5) is 15.3. The Kier molecular flexibility index (Phi) is 3.97. The van der Waals surface area contributed by atoms with Crippen molar-refractivity contribution in [2.75, 3.05) is 26.7 Å². The second-order valence-corrected chi connectivity index (χ2v) is 4.86. The Morgan fingerprint density at radius 1 is 1.47 bits per heavy atom. The molecule has 94 valence electrons. The second-order valence-electron chi connectivity index (χ2n) is 4.86. The zero-order valence-electron chi connectivity index (χ0n) is 10.6. The van der Waals surface area contributed by atoms with Gasteiger partial charge in [-0.2, -0.15) is 0 Å². The van der Waals surface area contributed by atoms with E-state index in [9.17, 15) is 4.79 Å². The summed E-state index contributed by atoms with van der Waals surface area (Å²) >= 11 is 0. The van der Waals surface area contributed by atoms with Gasteiger partial charge < -0.3 is 9.32 Å². The highest BCUT2D eigenvalue weighted by Gasteiger charge is 2.20. The van der Waals surface area contributed by atoms with Gasteiger partial charge in [0.2, 0.25) is 0 Å². The van der Waals surface area contributed by atoms with Gasteiger partial charge in [0, 0.05) is 19.1 Å². The Bertz CT molecular complexity index is 375. The maximum atomic E-state index is 10.6. The molecule has 0 radical (unpaired) electrons. The Morgan fingerprint density at radius 2 is 2.29 bits per heavy atom. The molecular formula is C13H20N2O2. The molecule has 1 aromatic rings. The van der Waals surface area contributed by atoms with Crippen LogP contribution in [0.1, 0.15) is 29.7 Å². The van der Waals surface area contributed by atoms with Crippen molar-refractivity contribution in [2.24, 2.45) is 0 Å². The van der Waals surface area contributed by atoms with E-state index in [-0.39, 0.29) is 0 Å². The van der Waals surface area contributed by atoms with E-state index >= 15 is 0 Å². The number of carbonyl (C=O) groups is 1. The Hall–Kier alpha value is -1.13. The molecule has 0 bridgehead atoms. The predicted molar refractivity (Wildman–Crippen MR) is 66.1 cm³/mol. The summed E-state index contributed by atoms with van der Waals surface area (Å²) in [7, 11) is 2.16. The normalized spacial score (nSPS) is 23.5. The molecule has 1 fully saturated rings. The lowest BCUT2D eigenvalue weighted by atomic mass is 10.2. The van der Waals surface area contributed by atoms with Crippen molar-refractivity contribution in [1.82, 2.24) is 9.80 Å². The summed E-state index contributed by atoms with van der Waals surface area (Å²) in [6, 6.07) is 4.15. The van der Waals surface area contributed by atoms with Gasteiger partial charge in [-0.1, -0.05) is 0 Å². The average molecular weight is 236 g/mol. The van der Waals surface area contributed by atoms with Crippen LogP contribution in [0.25, 0.3) is 0 Å². The molecule has 0 spiro atoms. The molecule has 4 nitrogen and oxygen atoms in total. The van der Waals surface area contributed by atoms with Gasteiger partial charge in [0.1, 0.15) is 5.76 Å². The predicted octanol–water partition coefficient (Wildman–Crippen LogP) is 1.62. The monoisotopic (exact) mass is 236 g/mol. The molecule has 2 heterocycles. The molecule has 2 rings (SSSR count). The molecule has 1 aromatic heterocycles. The number of furan rings is 1. The van der Waals surface area contributed by atoms with E-state index < -0.39 is 0 Å². The summed E-state index contributed by atoms with van der Waals surface area (Å²) in [5.74, 6) is 1.29. The maximum Gasteiger partial charge on any atom is 0.185 e. The summed E-state index contributed by atoms with van der Waals surface area (Å²) < 4.78 is 5.43. The number of nitrogens with zero attached hydrogens (tertiary/aromatic N) is 2. The third kappa shape index (κ3) is 3.17. The number of likely N-dealkylation sites (N-methyl/N-ethyl adjacent to an activating group) is 1. The lowest BCUT2D eigenvalue weighted by Crippen LogP contribution is -2.37. The van der Waals surface area contributed by atoms with Crippen molar-refractivity contribution in [3.8, 4) is 0 Å². The first-order valence-corrected chi connectivity index (χ1v) is 6.15. The van der Waals surface area contributed by atoms with Crippen molar-refractivity contribution in [2.45, 2.75) is 25.9 Å². The third-order valence-electron chi connectivity index (χ3n) is 3.34. The van der Waals surface area contributed by atoms with Crippen LogP contribution in [0.2, 0.25) is 0 Å². The fourth-order valence-electron chi connectivity index (χ4n) is 2.40. The Balaban J connectivity index is 1.99. The van der Waals surface area contributed by atoms with Gasteiger partial charge in [0.15, 0.2) is 12.0 Å². The van der Waals surface area contributed by atoms with Crippen molar-refractivity contribution in [3.63, 3.8) is 0 Å². The average Bonchev–Trinajstić information content (AvgIpc) is 2.68. The minimum Gasteiger partial charge on any atom is -0.457 e. The van der Waals surface area contributed by atoms with Gasteiger partial charge in [0.25, 0.3) is 0 Å². The van der Waals surface area contributed by atoms with E-state index in [1.807, 2.05) is 6.07 Å². The van der Waals surface area contributed by atoms with Crippen LogP contribution in [0.15, 0.2) is 16.5 Å². The lowest BCUT2D eigenvalue weighted by molar-refractivity contribution is 0.109. The SMILES string of the molecule is CC1CN(C)CCCN1Cc1ccc(C=O)o1. The van der Waals surface area contributed by atoms with Crippen LogP contribution < -0.4 is 0 Å². The third-order valence-corrected chi connectivity index (χ3v) is 3.34. The van der Waals surface area contributed by atoms with Crippen molar-refractivity contribution < 1.29 is 9.21 Å². The minimum atomic E-state index is 0.416. The number of carbonyl (C=O) groups excluding carboxylic acids is 1. The molecular weight excluding hydrogens is 216 g/mol. The molecule has 1 atom stereocenters. The Labute approximate surface area is 102 Å². The standard InChI is InChI=1S/C13H20N2O2/c1-11-8-14(2)6-3-7-15(11)9-12-4-5-13(10-16)17-12/h4-5,10-11H,3,6-9H2,1-2H3. The molecule has 17 heavy (non-hydrogen) atoms. The largest absolute Gasteiger partial charge is 0.457 e. The molecule has 0 N–H and O–H groups in total. The quantitative estimate of drug-likeness (QED) is 0.747. The van der Waals surface area contributed by atoms with Crippen molar-refractivity contribution >= 4 is 6.29 Å². The molecule has 1 saturated heterocycles. The van der Waals surface area contributed by atoms with Crippen molar-refractivity contribution in [3.05, 3.63) is 23.7 Å². The van der Waals surface area contributed by atoms with E-state index in [4.69, 9.17) is 4.42 Å². The highest BCUT2D eigenvalue weighted by atomic mass is 16.3. The van der Waals surface area contributed by atoms with Gasteiger partial charge in [-0.3, -0.25) is 9.69 Å². The van der Waals surface area contributed by atoms with Crippen LogP contribution in [-0.4, -0.2) is 48.8 Å². The first kappa shape index (κ1) is 12.3. The summed E-state index contributed by atoms with van der Waals surface area (Å²) in [6.45, 7) is 6.36. The van der Waals surface area contributed by atoms with Crippen LogP contribution >= 0.6 is 0 Å². The molecule has 1 aliphatic heterocycles. The Morgan fingerprint density at radius 3 is 3.00 bits per heavy atom. The molecule has 0 aromatic carbocycles. The van der Waals surface area contributed by atoms with Gasteiger partial charge in [-0.15, -0.1) is 0 Å². The smallest absolute Gasteiger partial charge is 0.185 e. The fourth-order valence-corrected chi connectivity index (χ4v) is 2.40. The van der Waals surface area contributed by atoms with Gasteiger partial charge in [-0.05, 0) is 39.1 Å². The molecule has 1 unspecified atom stereocenters. The molecule has 0 aliphatic carbocycles. The van der Waals surface area contributed by atoms with Gasteiger partial charge in [-0.25, -0.2) is 0 Å². The second kappa shape index (κ2) is 5.47. The van der Waals surface area contributed by atoms with E-state index in [2.05, 4.69) is 23.8 Å². The van der Waals surface area contributed by atoms with Gasteiger partial charge in [0.05, 0.1) is 6.54 Å². The topological polar surface area (TPSA) is 36.7 Å². The molecule has 0 saturated carbocycles. The number of hydrogen-bond acceptors (Lipinski definition) is 4. The minimum absolute atomic E-state index is 0.416. The fraction of sp³-hybridized carbons (Fsp3) is 0.615. The summed E-state index contributed by atoms with van der Waals surface area (Å²) in [5, 5.41) is 0. The van der Waals surface area contributed by atoms with E-state index in [0.29, 0.717) is 11.8 Å². The van der Waals surface area contributed by atoms with E-state index in [0.717, 1.165) is 38.2 Å². The molecule has 4 heteroatoms. The van der Waals surface area contributed by atoms with Crippen LogP contribution in [0.4, 0.5) is 0 Å². The van der Waals surface area contributed by atoms with E-state index in [1.165, 1.54) is 6.42 Å². The first-order chi connectivity index (χ1) is 8.19. The highest BCUT2D eigenvalue weighted by Crippen LogP contribution is 2.14. The first-order valence-electron chi connectivity index (χ1n) is 6.15. The van der Waals surface area contributed by atoms with E-state index in [1.54, 1.807) is 6.07 Å². The zero-order chi connectivity index (χ0) is 12.3. The lowest BCUT2D eigenvalue weighted by Gasteiger charge is -2.26. The van der Waals surface area contributed by atoms with Crippen LogP contribution in [0.3, 0.4) is 0 Å². The van der Waals surface area contributed by atoms with Crippen LogP contribution in [-0.2, 0) is 6.54 Å². The summed E-state index contributed by atoms with van der Waals surface area (Å²) in [6.07, 6.45) is 1.94. The van der Waals surface area contributed by atoms with Crippen molar-refractivity contribution in [1.29, 1.82) is 0 Å². The number of aldehydes is 1. The summed E-state index contributed by atoms with van der Waals surface area (Å²) in [5.41, 5.74) is 0. The molecule has 1 aliphatic rings. The highest BCUT2D eigenvalue weighted by molar-refractivity contribution is 5.70. The molecule has 0 amide bonds. The number of rotatable bonds is 3. The zero-order valence-corrected chi connectivity index (χ0v) is 10.6. The number of hydrogen-bond donors (Lipinski definition) is 0.